The van der Waals surface area contributed by atoms with Gasteiger partial charge in [-0.05, 0) is 40.2 Å². The van der Waals surface area contributed by atoms with E-state index in [1.165, 1.54) is 18.3 Å². The summed E-state index contributed by atoms with van der Waals surface area (Å²) in [4.78, 5) is 4.07. The zero-order valence-corrected chi connectivity index (χ0v) is 13.6. The van der Waals surface area contributed by atoms with Crippen molar-refractivity contribution in [2.24, 2.45) is 0 Å². The molecule has 2 N–H and O–H groups in total. The number of halogens is 2. The van der Waals surface area contributed by atoms with Crippen LogP contribution in [-0.2, 0) is 10.0 Å². The molecule has 2 rings (SSSR count). The molecule has 1 aromatic heterocycles. The van der Waals surface area contributed by atoms with Gasteiger partial charge in [-0.3, -0.25) is 4.72 Å². The second kappa shape index (κ2) is 5.99. The van der Waals surface area contributed by atoms with Crippen LogP contribution in [0.1, 0.15) is 0 Å². The fraction of sp³-hybridized carbons (Fsp3) is 0.0833. The fourth-order valence-electron chi connectivity index (χ4n) is 1.58. The lowest BCUT2D eigenvalue weighted by atomic mass is 10.3. The number of aromatic nitrogens is 1. The van der Waals surface area contributed by atoms with E-state index in [0.717, 1.165) is 0 Å². The Morgan fingerprint density at radius 2 is 2.05 bits per heavy atom. The van der Waals surface area contributed by atoms with Crippen LogP contribution in [0.2, 0.25) is 5.02 Å². The first-order valence-electron chi connectivity index (χ1n) is 5.54. The number of sulfonamides is 1. The summed E-state index contributed by atoms with van der Waals surface area (Å²) < 4.78 is 27.8. The molecule has 1 aromatic carbocycles. The third kappa shape index (κ3) is 3.41. The van der Waals surface area contributed by atoms with E-state index in [2.05, 4.69) is 31.0 Å². The van der Waals surface area contributed by atoms with Gasteiger partial charge in [-0.1, -0.05) is 17.7 Å². The molecule has 0 spiro atoms. The molecule has 0 atom stereocenters. The molecule has 106 valence electrons. The average molecular weight is 377 g/mol. The zero-order chi connectivity index (χ0) is 14.8. The Labute approximate surface area is 130 Å². The van der Waals surface area contributed by atoms with Crippen molar-refractivity contribution in [2.75, 3.05) is 17.1 Å². The summed E-state index contributed by atoms with van der Waals surface area (Å²) in [7, 11) is -2.15. The molecule has 1 heterocycles. The van der Waals surface area contributed by atoms with Gasteiger partial charge in [0.25, 0.3) is 10.0 Å². The van der Waals surface area contributed by atoms with Crippen molar-refractivity contribution >= 4 is 49.1 Å². The Morgan fingerprint density at radius 3 is 2.70 bits per heavy atom. The van der Waals surface area contributed by atoms with Gasteiger partial charge in [-0.15, -0.1) is 0 Å². The minimum absolute atomic E-state index is 0.0503. The minimum Gasteiger partial charge on any atom is -0.372 e. The minimum atomic E-state index is -3.76. The largest absolute Gasteiger partial charge is 0.372 e. The van der Waals surface area contributed by atoms with Crippen molar-refractivity contribution in [3.8, 4) is 0 Å². The van der Waals surface area contributed by atoms with Gasteiger partial charge in [-0.2, -0.15) is 0 Å². The summed E-state index contributed by atoms with van der Waals surface area (Å²) in [5, 5.41) is 3.20. The number of nitrogens with one attached hydrogen (secondary N) is 2. The van der Waals surface area contributed by atoms with E-state index in [9.17, 15) is 8.42 Å². The Balaban J connectivity index is 2.43. The van der Waals surface area contributed by atoms with Gasteiger partial charge in [0.2, 0.25) is 0 Å². The highest BCUT2D eigenvalue weighted by atomic mass is 79.9. The number of nitrogens with zero attached hydrogens (tertiary/aromatic N) is 1. The van der Waals surface area contributed by atoms with Crippen LogP contribution in [-0.4, -0.2) is 20.4 Å². The van der Waals surface area contributed by atoms with Gasteiger partial charge >= 0.3 is 0 Å². The average Bonchev–Trinajstić information content (AvgIpc) is 2.38. The van der Waals surface area contributed by atoms with E-state index in [4.69, 9.17) is 11.6 Å². The van der Waals surface area contributed by atoms with E-state index < -0.39 is 10.0 Å². The number of hydrogen-bond donors (Lipinski definition) is 2. The fourth-order valence-corrected chi connectivity index (χ4v) is 3.49. The molecule has 0 saturated carbocycles. The summed E-state index contributed by atoms with van der Waals surface area (Å²) in [6.45, 7) is 0. The highest BCUT2D eigenvalue weighted by Crippen LogP contribution is 2.25. The number of hydrogen-bond acceptors (Lipinski definition) is 4. The van der Waals surface area contributed by atoms with Crippen molar-refractivity contribution in [2.45, 2.75) is 4.90 Å². The van der Waals surface area contributed by atoms with Crippen LogP contribution >= 0.6 is 27.5 Å². The summed E-state index contributed by atoms with van der Waals surface area (Å²) in [6, 6.07) is 7.96. The summed E-state index contributed by atoms with van der Waals surface area (Å²) in [6.07, 6.45) is 1.52. The normalized spacial score (nSPS) is 11.2. The van der Waals surface area contributed by atoms with Gasteiger partial charge in [0, 0.05) is 22.7 Å². The first kappa shape index (κ1) is 15.1. The molecule has 2 aromatic rings. The van der Waals surface area contributed by atoms with Crippen molar-refractivity contribution in [3.05, 3.63) is 46.0 Å². The molecule has 0 saturated heterocycles. The third-order valence-electron chi connectivity index (χ3n) is 2.42. The molecule has 0 aliphatic rings. The maximum Gasteiger partial charge on any atom is 0.265 e. The van der Waals surface area contributed by atoms with E-state index in [-0.39, 0.29) is 10.7 Å². The molecule has 8 heteroatoms. The zero-order valence-electron chi connectivity index (χ0n) is 10.4. The molecule has 0 unspecified atom stereocenters. The first-order chi connectivity index (χ1) is 9.42. The monoisotopic (exact) mass is 375 g/mol. The van der Waals surface area contributed by atoms with Crippen molar-refractivity contribution in [3.63, 3.8) is 0 Å². The van der Waals surface area contributed by atoms with E-state index in [1.807, 2.05) is 0 Å². The predicted octanol–water partition coefficient (Wildman–Crippen LogP) is 3.34. The van der Waals surface area contributed by atoms with Crippen LogP contribution in [0, 0.1) is 0 Å². The Bertz CT molecular complexity index is 737. The van der Waals surface area contributed by atoms with E-state index >= 15 is 0 Å². The maximum absolute atomic E-state index is 12.4. The van der Waals surface area contributed by atoms with Crippen LogP contribution in [0.5, 0.6) is 0 Å². The van der Waals surface area contributed by atoms with Gasteiger partial charge in [-0.25, -0.2) is 13.4 Å². The lowest BCUT2D eigenvalue weighted by Crippen LogP contribution is -2.15. The van der Waals surface area contributed by atoms with Gasteiger partial charge in [0.1, 0.15) is 10.7 Å². The molecule has 0 bridgehead atoms. The summed E-state index contributed by atoms with van der Waals surface area (Å²) in [5.74, 6) is 0.266. The molecule has 20 heavy (non-hydrogen) atoms. The SMILES string of the molecule is CNc1ncc(Br)cc1S(=O)(=O)Nc1cccc(Cl)c1. The molecule has 0 amide bonds. The molecule has 0 fully saturated rings. The van der Waals surface area contributed by atoms with Crippen LogP contribution in [0.25, 0.3) is 0 Å². The second-order valence-corrected chi connectivity index (χ2v) is 6.87. The second-order valence-electron chi connectivity index (χ2n) is 3.87. The molecular formula is C12H11BrClN3O2S. The topological polar surface area (TPSA) is 71.1 Å². The lowest BCUT2D eigenvalue weighted by Gasteiger charge is -2.11. The van der Waals surface area contributed by atoms with Gasteiger partial charge in [0.15, 0.2) is 0 Å². The number of benzene rings is 1. The number of rotatable bonds is 4. The maximum atomic E-state index is 12.4. The molecule has 0 aliphatic heterocycles. The number of anilines is 2. The van der Waals surface area contributed by atoms with Crippen molar-refractivity contribution in [1.29, 1.82) is 0 Å². The third-order valence-corrected chi connectivity index (χ3v) is 4.49. The van der Waals surface area contributed by atoms with Crippen LogP contribution in [0.3, 0.4) is 0 Å². The van der Waals surface area contributed by atoms with E-state index in [1.54, 1.807) is 25.2 Å². The summed E-state index contributed by atoms with van der Waals surface area (Å²) >= 11 is 9.05. The van der Waals surface area contributed by atoms with Gasteiger partial charge < -0.3 is 5.32 Å². The van der Waals surface area contributed by atoms with Crippen LogP contribution in [0.4, 0.5) is 11.5 Å². The number of pyridine rings is 1. The van der Waals surface area contributed by atoms with Crippen molar-refractivity contribution in [1.82, 2.24) is 4.98 Å². The molecule has 0 radical (unpaired) electrons. The molecular weight excluding hydrogens is 366 g/mol. The summed E-state index contributed by atoms with van der Waals surface area (Å²) in [5.41, 5.74) is 0.388. The highest BCUT2D eigenvalue weighted by Gasteiger charge is 2.20. The molecule has 0 aliphatic carbocycles. The Hall–Kier alpha value is -1.31. The van der Waals surface area contributed by atoms with Crippen LogP contribution in [0.15, 0.2) is 45.9 Å². The quantitative estimate of drug-likeness (QED) is 0.858. The predicted molar refractivity (Wildman–Crippen MR) is 83.7 cm³/mol. The van der Waals surface area contributed by atoms with Crippen LogP contribution < -0.4 is 10.0 Å². The molecule has 5 nitrogen and oxygen atoms in total. The smallest absolute Gasteiger partial charge is 0.265 e. The van der Waals surface area contributed by atoms with E-state index in [0.29, 0.717) is 15.2 Å². The highest BCUT2D eigenvalue weighted by molar-refractivity contribution is 9.10. The Kier molecular flexibility index (Phi) is 4.52. The van der Waals surface area contributed by atoms with Crippen molar-refractivity contribution < 1.29 is 8.42 Å². The first-order valence-corrected chi connectivity index (χ1v) is 8.19. The standard InChI is InChI=1S/C12H11BrClN3O2S/c1-15-12-11(5-8(13)7-16-12)20(18,19)17-10-4-2-3-9(14)6-10/h2-7,17H,1H3,(H,15,16). The van der Waals surface area contributed by atoms with Gasteiger partial charge in [0.05, 0.1) is 5.69 Å². The lowest BCUT2D eigenvalue weighted by molar-refractivity contribution is 0.601. The Morgan fingerprint density at radius 1 is 1.30 bits per heavy atom.